The van der Waals surface area contributed by atoms with Gasteiger partial charge >= 0.3 is 6.18 Å². The fourth-order valence-corrected chi connectivity index (χ4v) is 3.77. The predicted octanol–water partition coefficient (Wildman–Crippen LogP) is 2.17. The van der Waals surface area contributed by atoms with Crippen LogP contribution in [0.5, 0.6) is 11.5 Å². The average Bonchev–Trinajstić information content (AvgIpc) is 3.21. The molecular formula is C21H23F3N3O3+. The summed E-state index contributed by atoms with van der Waals surface area (Å²) < 4.78 is 49.5. The number of hydrogen-bond donors (Lipinski definition) is 2. The van der Waals surface area contributed by atoms with Gasteiger partial charge in [-0.15, -0.1) is 0 Å². The van der Waals surface area contributed by atoms with E-state index in [1.165, 1.54) is 12.1 Å². The fourth-order valence-electron chi connectivity index (χ4n) is 3.77. The first-order valence-corrected chi connectivity index (χ1v) is 9.78. The van der Waals surface area contributed by atoms with E-state index in [2.05, 4.69) is 5.32 Å². The van der Waals surface area contributed by atoms with Crippen LogP contribution in [0.15, 0.2) is 42.5 Å². The Kier molecular flexibility index (Phi) is 5.46. The molecule has 30 heavy (non-hydrogen) atoms. The molecular weight excluding hydrogens is 399 g/mol. The van der Waals surface area contributed by atoms with Gasteiger partial charge in [-0.3, -0.25) is 4.79 Å². The monoisotopic (exact) mass is 422 g/mol. The highest BCUT2D eigenvalue weighted by Gasteiger charge is 2.32. The van der Waals surface area contributed by atoms with E-state index in [9.17, 15) is 18.0 Å². The van der Waals surface area contributed by atoms with E-state index in [1.54, 1.807) is 24.3 Å². The molecule has 2 aliphatic heterocycles. The first-order chi connectivity index (χ1) is 14.3. The van der Waals surface area contributed by atoms with E-state index < -0.39 is 11.7 Å². The molecule has 0 aliphatic carbocycles. The molecule has 2 aromatic rings. The maximum atomic E-state index is 13.0. The summed E-state index contributed by atoms with van der Waals surface area (Å²) in [6.07, 6.45) is -4.36. The lowest BCUT2D eigenvalue weighted by molar-refractivity contribution is -0.914. The largest absolute Gasteiger partial charge is 0.454 e. The van der Waals surface area contributed by atoms with Crippen LogP contribution in [0.25, 0.3) is 0 Å². The van der Waals surface area contributed by atoms with E-state index in [0.29, 0.717) is 49.1 Å². The van der Waals surface area contributed by atoms with Crippen molar-refractivity contribution < 1.29 is 32.3 Å². The third-order valence-electron chi connectivity index (χ3n) is 5.59. The number of anilines is 2. The van der Waals surface area contributed by atoms with Gasteiger partial charge in [-0.05, 0) is 37.3 Å². The molecule has 1 atom stereocenters. The summed E-state index contributed by atoms with van der Waals surface area (Å²) in [6, 6.07) is 10.3. The zero-order valence-corrected chi connectivity index (χ0v) is 16.5. The van der Waals surface area contributed by atoms with Crippen LogP contribution in [0, 0.1) is 0 Å². The highest BCUT2D eigenvalue weighted by atomic mass is 19.4. The van der Waals surface area contributed by atoms with Gasteiger partial charge in [-0.1, -0.05) is 6.07 Å². The van der Waals surface area contributed by atoms with Crippen molar-refractivity contribution >= 4 is 17.3 Å². The third-order valence-corrected chi connectivity index (χ3v) is 5.59. The minimum atomic E-state index is -4.36. The summed E-state index contributed by atoms with van der Waals surface area (Å²) in [7, 11) is 0. The number of fused-ring (bicyclic) bond motifs is 1. The molecule has 0 saturated carbocycles. The normalized spacial score (nSPS) is 17.7. The van der Waals surface area contributed by atoms with Crippen LogP contribution < -0.4 is 24.6 Å². The zero-order chi connectivity index (χ0) is 21.3. The Morgan fingerprint density at radius 3 is 2.57 bits per heavy atom. The number of ether oxygens (including phenoxy) is 2. The van der Waals surface area contributed by atoms with Crippen molar-refractivity contribution in [3.05, 3.63) is 48.0 Å². The first-order valence-electron chi connectivity index (χ1n) is 9.78. The number of carbonyl (C=O) groups is 1. The van der Waals surface area contributed by atoms with Crippen LogP contribution in [-0.4, -0.2) is 44.9 Å². The van der Waals surface area contributed by atoms with Gasteiger partial charge in [0.25, 0.3) is 5.91 Å². The van der Waals surface area contributed by atoms with Crippen LogP contribution in [0.3, 0.4) is 0 Å². The van der Waals surface area contributed by atoms with Crippen LogP contribution in [0.1, 0.15) is 12.5 Å². The third kappa shape index (κ3) is 4.30. The summed E-state index contributed by atoms with van der Waals surface area (Å²) in [5.74, 6) is 1.14. The van der Waals surface area contributed by atoms with Gasteiger partial charge in [-0.25, -0.2) is 0 Å². The fraction of sp³-hybridized carbons (Fsp3) is 0.381. The highest BCUT2D eigenvalue weighted by molar-refractivity contribution is 5.94. The molecule has 9 heteroatoms. The lowest BCUT2D eigenvalue weighted by Crippen LogP contribution is -3.19. The molecule has 2 heterocycles. The maximum Gasteiger partial charge on any atom is 0.416 e. The van der Waals surface area contributed by atoms with Crippen molar-refractivity contribution in [2.24, 2.45) is 0 Å². The van der Waals surface area contributed by atoms with Crippen molar-refractivity contribution in [1.29, 1.82) is 0 Å². The summed E-state index contributed by atoms with van der Waals surface area (Å²) in [6.45, 7) is 4.51. The molecule has 1 saturated heterocycles. The topological polar surface area (TPSA) is 55.2 Å². The number of hydrogen-bond acceptors (Lipinski definition) is 4. The smallest absolute Gasteiger partial charge is 0.416 e. The van der Waals surface area contributed by atoms with Crippen molar-refractivity contribution in [2.45, 2.75) is 19.1 Å². The summed E-state index contributed by atoms with van der Waals surface area (Å²) in [5, 5.41) is 2.90. The number of quaternary nitrogens is 1. The molecule has 1 fully saturated rings. The van der Waals surface area contributed by atoms with E-state index in [1.807, 2.05) is 11.8 Å². The van der Waals surface area contributed by atoms with Crippen molar-refractivity contribution in [1.82, 2.24) is 0 Å². The molecule has 0 spiro atoms. The van der Waals surface area contributed by atoms with Crippen LogP contribution in [0.4, 0.5) is 24.5 Å². The maximum absolute atomic E-state index is 13.0. The molecule has 0 bridgehead atoms. The van der Waals surface area contributed by atoms with E-state index in [0.717, 1.165) is 11.0 Å². The number of halogens is 3. The zero-order valence-electron chi connectivity index (χ0n) is 16.5. The number of benzene rings is 2. The molecule has 0 aromatic heterocycles. The number of carbonyl (C=O) groups excluding carboxylic acids is 1. The quantitative estimate of drug-likeness (QED) is 0.793. The second kappa shape index (κ2) is 8.06. The molecule has 0 radical (unpaired) electrons. The second-order valence-corrected chi connectivity index (χ2v) is 7.47. The first kappa shape index (κ1) is 20.3. The molecule has 1 amide bonds. The molecule has 6 nitrogen and oxygen atoms in total. The Morgan fingerprint density at radius 2 is 1.83 bits per heavy atom. The lowest BCUT2D eigenvalue weighted by atomic mass is 10.1. The SMILES string of the molecule is C[C@H](C(=O)Nc1ccc2c(c1)OCO2)[NH+]1CCN(c2cccc(C(F)(F)F)c2)CC1. The molecule has 2 N–H and O–H groups in total. The minimum absolute atomic E-state index is 0.114. The van der Waals surface area contributed by atoms with Crippen molar-refractivity contribution in [3.63, 3.8) is 0 Å². The standard InChI is InChI=1S/C21H22F3N3O3/c1-14(20(28)25-16-5-6-18-19(12-16)30-13-29-18)26-7-9-27(10-8-26)17-4-2-3-15(11-17)21(22,23)24/h2-6,11-12,14H,7-10,13H2,1H3,(H,25,28)/p+1/t14-/m1/s1. The molecule has 2 aromatic carbocycles. The highest BCUT2D eigenvalue weighted by Crippen LogP contribution is 2.34. The Labute approximate surface area is 172 Å². The van der Waals surface area contributed by atoms with Gasteiger partial charge in [0.15, 0.2) is 17.5 Å². The van der Waals surface area contributed by atoms with Gasteiger partial charge in [0.1, 0.15) is 0 Å². The number of rotatable bonds is 4. The summed E-state index contributed by atoms with van der Waals surface area (Å²) in [4.78, 5) is 15.7. The molecule has 4 rings (SSSR count). The van der Waals surface area contributed by atoms with E-state index in [4.69, 9.17) is 9.47 Å². The van der Waals surface area contributed by atoms with Gasteiger partial charge in [0, 0.05) is 17.4 Å². The van der Waals surface area contributed by atoms with E-state index in [-0.39, 0.29) is 18.7 Å². The average molecular weight is 422 g/mol. The second-order valence-electron chi connectivity index (χ2n) is 7.47. The molecule has 2 aliphatic rings. The van der Waals surface area contributed by atoms with Crippen LogP contribution in [0.2, 0.25) is 0 Å². The van der Waals surface area contributed by atoms with Gasteiger partial charge in [0.05, 0.1) is 31.7 Å². The molecule has 0 unspecified atom stereocenters. The lowest BCUT2D eigenvalue weighted by Gasteiger charge is -2.36. The van der Waals surface area contributed by atoms with Gasteiger partial charge in [0.2, 0.25) is 6.79 Å². The number of nitrogens with one attached hydrogen (secondary N) is 2. The number of amides is 1. The minimum Gasteiger partial charge on any atom is -0.454 e. The predicted molar refractivity (Wildman–Crippen MR) is 105 cm³/mol. The summed E-state index contributed by atoms with van der Waals surface area (Å²) in [5.41, 5.74) is 0.547. The number of alkyl halides is 3. The van der Waals surface area contributed by atoms with Gasteiger partial charge in [-0.2, -0.15) is 13.2 Å². The van der Waals surface area contributed by atoms with Crippen molar-refractivity contribution in [3.8, 4) is 11.5 Å². The Morgan fingerprint density at radius 1 is 1.10 bits per heavy atom. The Hall–Kier alpha value is -2.94. The molecule has 160 valence electrons. The Bertz CT molecular complexity index is 927. The Balaban J connectivity index is 1.34. The van der Waals surface area contributed by atoms with Gasteiger partial charge < -0.3 is 24.6 Å². The van der Waals surface area contributed by atoms with E-state index >= 15 is 0 Å². The van der Waals surface area contributed by atoms with Crippen LogP contribution >= 0.6 is 0 Å². The van der Waals surface area contributed by atoms with Crippen molar-refractivity contribution in [2.75, 3.05) is 43.2 Å². The van der Waals surface area contributed by atoms with Crippen LogP contribution in [-0.2, 0) is 11.0 Å². The number of piperazine rings is 1. The number of nitrogens with zero attached hydrogens (tertiary/aromatic N) is 1. The summed E-state index contributed by atoms with van der Waals surface area (Å²) >= 11 is 0.